The summed E-state index contributed by atoms with van der Waals surface area (Å²) in [6.45, 7) is 4.62. The molecule has 0 fully saturated rings. The minimum atomic E-state index is -0.330. The Bertz CT molecular complexity index is 1230. The van der Waals surface area contributed by atoms with Crippen molar-refractivity contribution in [1.82, 2.24) is 20.1 Å². The van der Waals surface area contributed by atoms with E-state index in [1.807, 2.05) is 26.0 Å². The lowest BCUT2D eigenvalue weighted by atomic mass is 10.1. The first-order valence-electron chi connectivity index (χ1n) is 10.1. The second-order valence-electron chi connectivity index (χ2n) is 7.39. The molecule has 2 heterocycles. The number of benzene rings is 2. The lowest BCUT2D eigenvalue weighted by molar-refractivity contribution is -0.131. The normalized spacial score (nSPS) is 11.2. The van der Waals surface area contributed by atoms with Gasteiger partial charge in [-0.15, -0.1) is 10.2 Å². The van der Waals surface area contributed by atoms with Crippen LogP contribution in [0.25, 0.3) is 22.4 Å². The first-order valence-corrected chi connectivity index (χ1v) is 10.5. The highest BCUT2D eigenvalue weighted by Gasteiger charge is 2.21. The van der Waals surface area contributed by atoms with Crippen LogP contribution in [-0.2, 0) is 17.8 Å². The fourth-order valence-corrected chi connectivity index (χ4v) is 3.85. The van der Waals surface area contributed by atoms with Crippen LogP contribution < -0.4 is 0 Å². The van der Waals surface area contributed by atoms with E-state index in [1.54, 1.807) is 23.1 Å². The van der Waals surface area contributed by atoms with Crippen LogP contribution in [0.5, 0.6) is 0 Å². The molecular weight excluding hydrogens is 419 g/mol. The highest BCUT2D eigenvalue weighted by Crippen LogP contribution is 2.27. The van der Waals surface area contributed by atoms with Gasteiger partial charge in [0, 0.05) is 23.1 Å². The number of hydrogen-bond acceptors (Lipinski definition) is 4. The van der Waals surface area contributed by atoms with Gasteiger partial charge in [0.2, 0.25) is 17.7 Å². The number of amides is 1. The number of aromatic nitrogens is 3. The summed E-state index contributed by atoms with van der Waals surface area (Å²) in [6.07, 6.45) is 0.930. The lowest BCUT2D eigenvalue weighted by Gasteiger charge is -2.20. The average Bonchev–Trinajstić information content (AvgIpc) is 3.32. The number of rotatable bonds is 7. The summed E-state index contributed by atoms with van der Waals surface area (Å²) in [5.74, 6) is 0.224. The van der Waals surface area contributed by atoms with Gasteiger partial charge >= 0.3 is 0 Å². The number of halogens is 2. The number of fused-ring (bicyclic) bond motifs is 1. The Morgan fingerprint density at radius 3 is 2.81 bits per heavy atom. The van der Waals surface area contributed by atoms with Crippen molar-refractivity contribution in [3.05, 3.63) is 70.5 Å². The van der Waals surface area contributed by atoms with Gasteiger partial charge in [-0.2, -0.15) is 0 Å². The van der Waals surface area contributed by atoms with Crippen molar-refractivity contribution in [2.75, 3.05) is 6.54 Å². The van der Waals surface area contributed by atoms with Crippen molar-refractivity contribution >= 4 is 28.4 Å². The van der Waals surface area contributed by atoms with Gasteiger partial charge in [-0.05, 0) is 49.2 Å². The van der Waals surface area contributed by atoms with Crippen LogP contribution in [0.15, 0.2) is 46.9 Å². The summed E-state index contributed by atoms with van der Waals surface area (Å²) in [4.78, 5) is 18.0. The van der Waals surface area contributed by atoms with E-state index in [9.17, 15) is 9.18 Å². The van der Waals surface area contributed by atoms with E-state index in [0.29, 0.717) is 28.9 Å². The predicted octanol–water partition coefficient (Wildman–Crippen LogP) is 5.30. The Hall–Kier alpha value is -3.19. The molecule has 0 atom stereocenters. The van der Waals surface area contributed by atoms with E-state index >= 15 is 0 Å². The highest BCUT2D eigenvalue weighted by molar-refractivity contribution is 6.33. The molecule has 6 nitrogen and oxygen atoms in total. The average molecular weight is 441 g/mol. The smallest absolute Gasteiger partial charge is 0.249 e. The molecule has 1 N–H and O–H groups in total. The van der Waals surface area contributed by atoms with Crippen LogP contribution >= 0.6 is 11.6 Å². The van der Waals surface area contributed by atoms with Crippen LogP contribution in [0, 0.1) is 12.7 Å². The van der Waals surface area contributed by atoms with E-state index in [1.165, 1.54) is 12.1 Å². The first-order chi connectivity index (χ1) is 15.0. The molecule has 0 aliphatic carbocycles. The topological polar surface area (TPSA) is 75.0 Å². The SMILES string of the molecule is CCCN(Cc1nnc(-c2ccccc2Cl)o1)C(=O)Cc1c(C)[nH]c2ccc(F)cc12. The zero-order chi connectivity index (χ0) is 22.0. The number of aromatic amines is 1. The van der Waals surface area contributed by atoms with Gasteiger partial charge < -0.3 is 14.3 Å². The van der Waals surface area contributed by atoms with E-state index in [4.69, 9.17) is 16.0 Å². The second-order valence-corrected chi connectivity index (χ2v) is 7.80. The van der Waals surface area contributed by atoms with Gasteiger partial charge in [0.15, 0.2) is 0 Å². The number of H-pyrrole nitrogens is 1. The maximum atomic E-state index is 13.8. The standard InChI is InChI=1S/C23H22ClFN4O2/c1-3-10-29(13-21-27-28-23(31-21)16-6-4-5-7-19(16)24)22(30)12-17-14(2)26-20-9-8-15(25)11-18(17)20/h4-9,11,26H,3,10,12-13H2,1-2H3. The highest BCUT2D eigenvalue weighted by atomic mass is 35.5. The summed E-state index contributed by atoms with van der Waals surface area (Å²) >= 11 is 6.21. The molecule has 0 unspecified atom stereocenters. The van der Waals surface area contributed by atoms with E-state index < -0.39 is 0 Å². The Kier molecular flexibility index (Phi) is 6.04. The maximum Gasteiger partial charge on any atom is 0.249 e. The molecule has 0 saturated heterocycles. The van der Waals surface area contributed by atoms with Crippen LogP contribution in [0.3, 0.4) is 0 Å². The van der Waals surface area contributed by atoms with Crippen molar-refractivity contribution in [2.45, 2.75) is 33.2 Å². The van der Waals surface area contributed by atoms with Gasteiger partial charge in [-0.3, -0.25) is 4.79 Å². The van der Waals surface area contributed by atoms with E-state index in [0.717, 1.165) is 28.6 Å². The molecule has 0 aliphatic heterocycles. The second kappa shape index (κ2) is 8.89. The van der Waals surface area contributed by atoms with Crippen molar-refractivity contribution in [3.63, 3.8) is 0 Å². The fraction of sp³-hybridized carbons (Fsp3) is 0.261. The zero-order valence-corrected chi connectivity index (χ0v) is 18.0. The molecule has 4 rings (SSSR count). The largest absolute Gasteiger partial charge is 0.419 e. The molecule has 4 aromatic rings. The van der Waals surface area contributed by atoms with E-state index in [-0.39, 0.29) is 24.7 Å². The minimum absolute atomic E-state index is 0.0902. The summed E-state index contributed by atoms with van der Waals surface area (Å²) in [5.41, 5.74) is 3.10. The Morgan fingerprint density at radius 1 is 1.23 bits per heavy atom. The van der Waals surface area contributed by atoms with Gasteiger partial charge in [-0.1, -0.05) is 30.7 Å². The molecule has 1 amide bonds. The van der Waals surface area contributed by atoms with E-state index in [2.05, 4.69) is 15.2 Å². The van der Waals surface area contributed by atoms with Crippen LogP contribution in [0.4, 0.5) is 4.39 Å². The predicted molar refractivity (Wildman–Crippen MR) is 117 cm³/mol. The summed E-state index contributed by atoms with van der Waals surface area (Å²) in [7, 11) is 0. The number of nitrogens with one attached hydrogen (secondary N) is 1. The number of aryl methyl sites for hydroxylation is 1. The van der Waals surface area contributed by atoms with Gasteiger partial charge in [-0.25, -0.2) is 4.39 Å². The number of hydrogen-bond donors (Lipinski definition) is 1. The molecule has 2 aromatic carbocycles. The zero-order valence-electron chi connectivity index (χ0n) is 17.3. The minimum Gasteiger partial charge on any atom is -0.419 e. The molecule has 0 bridgehead atoms. The third kappa shape index (κ3) is 4.46. The summed E-state index contributed by atoms with van der Waals surface area (Å²) in [5, 5.41) is 9.40. The summed E-state index contributed by atoms with van der Waals surface area (Å²) < 4.78 is 19.5. The Balaban J connectivity index is 1.55. The molecule has 0 radical (unpaired) electrons. The van der Waals surface area contributed by atoms with Crippen molar-refractivity contribution < 1.29 is 13.6 Å². The van der Waals surface area contributed by atoms with Crippen LogP contribution in [0.2, 0.25) is 5.02 Å². The third-order valence-electron chi connectivity index (χ3n) is 5.15. The van der Waals surface area contributed by atoms with Crippen molar-refractivity contribution in [3.8, 4) is 11.5 Å². The molecular formula is C23H22ClFN4O2. The monoisotopic (exact) mass is 440 g/mol. The number of carbonyl (C=O) groups is 1. The molecule has 8 heteroatoms. The van der Waals surface area contributed by atoms with Gasteiger partial charge in [0.1, 0.15) is 5.82 Å². The third-order valence-corrected chi connectivity index (χ3v) is 5.48. The van der Waals surface area contributed by atoms with Crippen LogP contribution in [0.1, 0.15) is 30.5 Å². The molecule has 2 aromatic heterocycles. The first kappa shape index (κ1) is 21.1. The number of carbonyl (C=O) groups excluding carboxylic acids is 1. The number of nitrogens with zero attached hydrogens (tertiary/aromatic N) is 3. The van der Waals surface area contributed by atoms with Gasteiger partial charge in [0.05, 0.1) is 23.6 Å². The molecule has 0 spiro atoms. The van der Waals surface area contributed by atoms with Gasteiger partial charge in [0.25, 0.3) is 0 Å². The Labute approximate surface area is 184 Å². The summed E-state index contributed by atoms with van der Waals surface area (Å²) in [6, 6.07) is 11.8. The quantitative estimate of drug-likeness (QED) is 0.423. The van der Waals surface area contributed by atoms with Crippen molar-refractivity contribution in [1.29, 1.82) is 0 Å². The molecule has 31 heavy (non-hydrogen) atoms. The van der Waals surface area contributed by atoms with Crippen molar-refractivity contribution in [2.24, 2.45) is 0 Å². The Morgan fingerprint density at radius 2 is 2.03 bits per heavy atom. The fourth-order valence-electron chi connectivity index (χ4n) is 3.63. The molecule has 0 saturated carbocycles. The van der Waals surface area contributed by atoms with Crippen LogP contribution in [-0.4, -0.2) is 32.5 Å². The molecule has 160 valence electrons. The lowest BCUT2D eigenvalue weighted by Crippen LogP contribution is -2.32. The molecule has 0 aliphatic rings. The maximum absolute atomic E-state index is 13.8.